The molecule has 0 bridgehead atoms. The summed E-state index contributed by atoms with van der Waals surface area (Å²) < 4.78 is 6.51. The van der Waals surface area contributed by atoms with Gasteiger partial charge in [-0.05, 0) is 37.3 Å². The third kappa shape index (κ3) is 3.13. The van der Waals surface area contributed by atoms with Gasteiger partial charge in [0.2, 0.25) is 0 Å². The highest BCUT2D eigenvalue weighted by molar-refractivity contribution is 9.10. The van der Waals surface area contributed by atoms with Gasteiger partial charge in [0.1, 0.15) is 17.9 Å². The zero-order valence-corrected chi connectivity index (χ0v) is 13.1. The van der Waals surface area contributed by atoms with Crippen LogP contribution in [0.3, 0.4) is 0 Å². The molecule has 0 amide bonds. The zero-order chi connectivity index (χ0) is 14.7. The second-order valence-electron chi connectivity index (χ2n) is 4.47. The number of aromatic nitrogens is 2. The number of ether oxygens (including phenoxy) is 1. The maximum Gasteiger partial charge on any atom is 0.141 e. The van der Waals surface area contributed by atoms with Gasteiger partial charge in [0, 0.05) is 21.6 Å². The number of nitrogens with one attached hydrogen (secondary N) is 1. The van der Waals surface area contributed by atoms with Gasteiger partial charge in [0.25, 0.3) is 0 Å². The second-order valence-corrected chi connectivity index (χ2v) is 5.39. The molecular weight excluding hydrogens is 330 g/mol. The van der Waals surface area contributed by atoms with Gasteiger partial charge in [0.15, 0.2) is 0 Å². The molecule has 0 aliphatic heterocycles. The average Bonchev–Trinajstić information content (AvgIpc) is 2.49. The van der Waals surface area contributed by atoms with Gasteiger partial charge >= 0.3 is 0 Å². The van der Waals surface area contributed by atoms with Crippen molar-refractivity contribution in [3.05, 3.63) is 53.3 Å². The van der Waals surface area contributed by atoms with Crippen LogP contribution in [0.2, 0.25) is 0 Å². The zero-order valence-electron chi connectivity index (χ0n) is 11.5. The Morgan fingerprint density at radius 2 is 2.05 bits per heavy atom. The maximum atomic E-state index is 5.51. The van der Waals surface area contributed by atoms with E-state index in [9.17, 15) is 0 Å². The van der Waals surface area contributed by atoms with E-state index in [0.717, 1.165) is 32.6 Å². The Morgan fingerprint density at radius 3 is 2.90 bits per heavy atom. The Hall–Kier alpha value is -2.14. The molecule has 1 heterocycles. The van der Waals surface area contributed by atoms with E-state index < -0.39 is 0 Å². The van der Waals surface area contributed by atoms with Gasteiger partial charge in [-0.1, -0.05) is 22.0 Å². The molecule has 0 aliphatic carbocycles. The first-order valence-corrected chi connectivity index (χ1v) is 7.45. The molecule has 0 unspecified atom stereocenters. The molecule has 0 saturated heterocycles. The van der Waals surface area contributed by atoms with Gasteiger partial charge in [-0.3, -0.25) is 0 Å². The van der Waals surface area contributed by atoms with Crippen LogP contribution in [-0.2, 0) is 0 Å². The summed E-state index contributed by atoms with van der Waals surface area (Å²) in [7, 11) is 0. The number of fused-ring (bicyclic) bond motifs is 1. The van der Waals surface area contributed by atoms with Crippen LogP contribution in [0, 0.1) is 0 Å². The minimum atomic E-state index is 0.646. The minimum Gasteiger partial charge on any atom is -0.494 e. The quantitative estimate of drug-likeness (QED) is 0.755. The molecule has 0 aliphatic rings. The molecule has 4 nitrogen and oxygen atoms in total. The highest BCUT2D eigenvalue weighted by Gasteiger charge is 2.05. The van der Waals surface area contributed by atoms with Gasteiger partial charge in [0.05, 0.1) is 12.1 Å². The molecule has 106 valence electrons. The van der Waals surface area contributed by atoms with Crippen LogP contribution in [0.1, 0.15) is 6.92 Å². The van der Waals surface area contributed by atoms with E-state index in [1.807, 2.05) is 49.4 Å². The van der Waals surface area contributed by atoms with Crippen molar-refractivity contribution in [2.75, 3.05) is 11.9 Å². The number of nitrogens with zero attached hydrogens (tertiary/aromatic N) is 2. The summed E-state index contributed by atoms with van der Waals surface area (Å²) in [5.41, 5.74) is 1.83. The standard InChI is InChI=1S/C16H14BrN3O/c1-2-21-13-5-3-4-12(9-13)20-16-14-8-11(17)6-7-15(14)18-10-19-16/h3-10H,2H2,1H3,(H,18,19,20). The van der Waals surface area contributed by atoms with Crippen LogP contribution in [0.25, 0.3) is 10.9 Å². The lowest BCUT2D eigenvalue weighted by atomic mass is 10.2. The Balaban J connectivity index is 1.98. The van der Waals surface area contributed by atoms with Crippen LogP contribution >= 0.6 is 15.9 Å². The number of rotatable bonds is 4. The Labute approximate surface area is 131 Å². The molecule has 1 N–H and O–H groups in total. The highest BCUT2D eigenvalue weighted by Crippen LogP contribution is 2.27. The molecule has 21 heavy (non-hydrogen) atoms. The molecule has 2 aromatic carbocycles. The fourth-order valence-corrected chi connectivity index (χ4v) is 2.46. The van der Waals surface area contributed by atoms with Gasteiger partial charge in [-0.15, -0.1) is 0 Å². The number of anilines is 2. The van der Waals surface area contributed by atoms with Crippen molar-refractivity contribution in [2.45, 2.75) is 6.92 Å². The van der Waals surface area contributed by atoms with Crippen molar-refractivity contribution >= 4 is 38.3 Å². The van der Waals surface area contributed by atoms with Crippen molar-refractivity contribution in [3.63, 3.8) is 0 Å². The van der Waals surface area contributed by atoms with Gasteiger partial charge in [-0.2, -0.15) is 0 Å². The summed E-state index contributed by atoms with van der Waals surface area (Å²) in [6.07, 6.45) is 1.56. The summed E-state index contributed by atoms with van der Waals surface area (Å²) in [5.74, 6) is 1.61. The van der Waals surface area contributed by atoms with E-state index in [0.29, 0.717) is 6.61 Å². The maximum absolute atomic E-state index is 5.51. The topological polar surface area (TPSA) is 47.0 Å². The molecule has 0 atom stereocenters. The third-order valence-electron chi connectivity index (χ3n) is 3.01. The molecule has 3 aromatic rings. The summed E-state index contributed by atoms with van der Waals surface area (Å²) in [4.78, 5) is 8.61. The minimum absolute atomic E-state index is 0.646. The van der Waals surface area contributed by atoms with E-state index in [4.69, 9.17) is 4.74 Å². The van der Waals surface area contributed by atoms with E-state index in [2.05, 4.69) is 31.2 Å². The van der Waals surface area contributed by atoms with E-state index in [1.54, 1.807) is 6.33 Å². The predicted octanol–water partition coefficient (Wildman–Crippen LogP) is 4.53. The van der Waals surface area contributed by atoms with E-state index in [-0.39, 0.29) is 0 Å². The first-order valence-electron chi connectivity index (χ1n) is 6.66. The molecule has 0 radical (unpaired) electrons. The molecule has 0 saturated carbocycles. The van der Waals surface area contributed by atoms with Crippen molar-refractivity contribution in [1.29, 1.82) is 0 Å². The largest absolute Gasteiger partial charge is 0.494 e. The lowest BCUT2D eigenvalue weighted by Crippen LogP contribution is -1.97. The number of hydrogen-bond donors (Lipinski definition) is 1. The lowest BCUT2D eigenvalue weighted by Gasteiger charge is -2.10. The average molecular weight is 344 g/mol. The fourth-order valence-electron chi connectivity index (χ4n) is 2.10. The summed E-state index contributed by atoms with van der Waals surface area (Å²) >= 11 is 3.48. The van der Waals surface area contributed by atoms with E-state index in [1.165, 1.54) is 0 Å². The van der Waals surface area contributed by atoms with Crippen LogP contribution in [0.5, 0.6) is 5.75 Å². The summed E-state index contributed by atoms with van der Waals surface area (Å²) in [5, 5.41) is 4.29. The van der Waals surface area contributed by atoms with Crippen molar-refractivity contribution in [3.8, 4) is 5.75 Å². The SMILES string of the molecule is CCOc1cccc(Nc2ncnc3ccc(Br)cc23)c1. The molecule has 0 spiro atoms. The fraction of sp³-hybridized carbons (Fsp3) is 0.125. The van der Waals surface area contributed by atoms with Crippen LogP contribution in [0.15, 0.2) is 53.3 Å². The summed E-state index contributed by atoms with van der Waals surface area (Å²) in [6, 6.07) is 13.8. The Kier molecular flexibility index (Phi) is 4.01. The van der Waals surface area contributed by atoms with Gasteiger partial charge < -0.3 is 10.1 Å². The normalized spacial score (nSPS) is 10.6. The van der Waals surface area contributed by atoms with Crippen molar-refractivity contribution in [2.24, 2.45) is 0 Å². The molecule has 3 rings (SSSR count). The molecule has 1 aromatic heterocycles. The first-order chi connectivity index (χ1) is 10.3. The second kappa shape index (κ2) is 6.10. The smallest absolute Gasteiger partial charge is 0.141 e. The Morgan fingerprint density at radius 1 is 1.14 bits per heavy atom. The summed E-state index contributed by atoms with van der Waals surface area (Å²) in [6.45, 7) is 2.61. The van der Waals surface area contributed by atoms with Crippen molar-refractivity contribution in [1.82, 2.24) is 9.97 Å². The monoisotopic (exact) mass is 343 g/mol. The first kappa shape index (κ1) is 13.8. The number of halogens is 1. The molecule has 5 heteroatoms. The number of hydrogen-bond acceptors (Lipinski definition) is 4. The predicted molar refractivity (Wildman–Crippen MR) is 88.1 cm³/mol. The van der Waals surface area contributed by atoms with Gasteiger partial charge in [-0.25, -0.2) is 9.97 Å². The van der Waals surface area contributed by atoms with Crippen LogP contribution in [0.4, 0.5) is 11.5 Å². The lowest BCUT2D eigenvalue weighted by molar-refractivity contribution is 0.340. The highest BCUT2D eigenvalue weighted by atomic mass is 79.9. The van der Waals surface area contributed by atoms with Crippen LogP contribution in [-0.4, -0.2) is 16.6 Å². The van der Waals surface area contributed by atoms with Crippen molar-refractivity contribution < 1.29 is 4.74 Å². The molecular formula is C16H14BrN3O. The Bertz CT molecular complexity index is 776. The molecule has 0 fully saturated rings. The van der Waals surface area contributed by atoms with E-state index >= 15 is 0 Å². The number of benzene rings is 2. The third-order valence-corrected chi connectivity index (χ3v) is 3.50. The van der Waals surface area contributed by atoms with Crippen LogP contribution < -0.4 is 10.1 Å².